The predicted octanol–water partition coefficient (Wildman–Crippen LogP) is 2.16. The van der Waals surface area contributed by atoms with E-state index in [4.69, 9.17) is 14.2 Å². The molecule has 0 aliphatic heterocycles. The van der Waals surface area contributed by atoms with Crippen LogP contribution >= 0.6 is 0 Å². The van der Waals surface area contributed by atoms with Crippen LogP contribution in [0.2, 0.25) is 0 Å². The molecule has 0 atom stereocenters. The van der Waals surface area contributed by atoms with Crippen molar-refractivity contribution in [2.24, 2.45) is 5.10 Å². The van der Waals surface area contributed by atoms with Crippen LogP contribution in [0, 0.1) is 0 Å². The SMILES string of the molecule is CCOc1cc(C=NNC(=O)C(=O)NCCCOC(C)C)ccc1OCC(=O)NCc1ccccc1. The number of hydrogen-bond acceptors (Lipinski definition) is 7. The lowest BCUT2D eigenvalue weighted by atomic mass is 10.2. The van der Waals surface area contributed by atoms with E-state index in [0.29, 0.717) is 49.8 Å². The van der Waals surface area contributed by atoms with Crippen molar-refractivity contribution < 1.29 is 28.6 Å². The summed E-state index contributed by atoms with van der Waals surface area (Å²) in [6.45, 7) is 7.12. The topological polar surface area (TPSA) is 127 Å². The third-order valence-corrected chi connectivity index (χ3v) is 4.60. The van der Waals surface area contributed by atoms with Gasteiger partial charge in [-0.1, -0.05) is 30.3 Å². The van der Waals surface area contributed by atoms with Gasteiger partial charge in [0.15, 0.2) is 18.1 Å². The lowest BCUT2D eigenvalue weighted by Gasteiger charge is -2.12. The molecule has 0 aromatic heterocycles. The van der Waals surface area contributed by atoms with E-state index in [2.05, 4.69) is 21.2 Å². The first-order valence-electron chi connectivity index (χ1n) is 11.8. The van der Waals surface area contributed by atoms with Gasteiger partial charge < -0.3 is 24.8 Å². The van der Waals surface area contributed by atoms with Crippen LogP contribution in [0.3, 0.4) is 0 Å². The molecule has 0 unspecified atom stereocenters. The van der Waals surface area contributed by atoms with Crippen LogP contribution in [-0.2, 0) is 25.7 Å². The number of carbonyl (C=O) groups is 3. The summed E-state index contributed by atoms with van der Waals surface area (Å²) in [6.07, 6.45) is 2.09. The molecule has 10 nitrogen and oxygen atoms in total. The Balaban J connectivity index is 1.81. The zero-order chi connectivity index (χ0) is 26.2. The molecular formula is C26H34N4O6. The number of hydrogen-bond donors (Lipinski definition) is 3. The normalized spacial score (nSPS) is 10.8. The number of carbonyl (C=O) groups excluding carboxylic acids is 3. The van der Waals surface area contributed by atoms with Crippen molar-refractivity contribution in [1.82, 2.24) is 16.1 Å². The average Bonchev–Trinajstić information content (AvgIpc) is 2.87. The number of hydrazone groups is 1. The fraction of sp³-hybridized carbons (Fsp3) is 0.385. The summed E-state index contributed by atoms with van der Waals surface area (Å²) in [5.74, 6) is -1.09. The Morgan fingerprint density at radius 1 is 0.972 bits per heavy atom. The summed E-state index contributed by atoms with van der Waals surface area (Å²) in [5, 5.41) is 9.12. The van der Waals surface area contributed by atoms with Crippen molar-refractivity contribution in [3.8, 4) is 11.5 Å². The third kappa shape index (κ3) is 11.0. The first-order valence-corrected chi connectivity index (χ1v) is 11.8. The minimum absolute atomic E-state index is 0.117. The van der Waals surface area contributed by atoms with Crippen LogP contribution in [0.15, 0.2) is 53.6 Å². The Morgan fingerprint density at radius 3 is 2.47 bits per heavy atom. The van der Waals surface area contributed by atoms with E-state index in [0.717, 1.165) is 5.56 Å². The van der Waals surface area contributed by atoms with Crippen molar-refractivity contribution in [2.45, 2.75) is 39.8 Å². The summed E-state index contributed by atoms with van der Waals surface area (Å²) >= 11 is 0. The molecule has 3 amide bonds. The maximum absolute atomic E-state index is 12.1. The number of nitrogens with one attached hydrogen (secondary N) is 3. The molecule has 0 aliphatic carbocycles. The van der Waals surface area contributed by atoms with E-state index >= 15 is 0 Å². The molecular weight excluding hydrogens is 464 g/mol. The van der Waals surface area contributed by atoms with Gasteiger partial charge in [0.2, 0.25) is 0 Å². The van der Waals surface area contributed by atoms with E-state index in [1.54, 1.807) is 18.2 Å². The lowest BCUT2D eigenvalue weighted by Crippen LogP contribution is -2.38. The van der Waals surface area contributed by atoms with Crippen LogP contribution in [-0.4, -0.2) is 56.4 Å². The molecule has 0 saturated carbocycles. The van der Waals surface area contributed by atoms with Gasteiger partial charge in [-0.25, -0.2) is 5.43 Å². The van der Waals surface area contributed by atoms with Crippen molar-refractivity contribution in [2.75, 3.05) is 26.4 Å². The monoisotopic (exact) mass is 498 g/mol. The molecule has 0 saturated heterocycles. The summed E-state index contributed by atoms with van der Waals surface area (Å²) in [7, 11) is 0. The second-order valence-electron chi connectivity index (χ2n) is 7.92. The van der Waals surface area contributed by atoms with E-state index in [1.165, 1.54) is 6.21 Å². The highest BCUT2D eigenvalue weighted by molar-refractivity contribution is 6.35. The van der Waals surface area contributed by atoms with Crippen LogP contribution in [0.4, 0.5) is 0 Å². The zero-order valence-corrected chi connectivity index (χ0v) is 20.9. The van der Waals surface area contributed by atoms with Crippen molar-refractivity contribution in [1.29, 1.82) is 0 Å². The van der Waals surface area contributed by atoms with E-state index in [1.807, 2.05) is 51.1 Å². The van der Waals surface area contributed by atoms with E-state index in [9.17, 15) is 14.4 Å². The van der Waals surface area contributed by atoms with Gasteiger partial charge in [0.25, 0.3) is 5.91 Å². The third-order valence-electron chi connectivity index (χ3n) is 4.60. The largest absolute Gasteiger partial charge is 0.490 e. The molecule has 36 heavy (non-hydrogen) atoms. The Bertz CT molecular complexity index is 1010. The molecule has 0 spiro atoms. The Labute approximate surface area is 211 Å². The van der Waals surface area contributed by atoms with Gasteiger partial charge >= 0.3 is 11.8 Å². The molecule has 0 fully saturated rings. The zero-order valence-electron chi connectivity index (χ0n) is 20.9. The Morgan fingerprint density at radius 2 is 1.75 bits per heavy atom. The molecule has 194 valence electrons. The fourth-order valence-corrected chi connectivity index (χ4v) is 2.87. The summed E-state index contributed by atoms with van der Waals surface area (Å²) in [5.41, 5.74) is 3.78. The standard InChI is InChI=1S/C26H34N4O6/c1-4-34-23-15-21(17-29-30-26(33)25(32)27-13-8-14-35-19(2)3)11-12-22(23)36-18-24(31)28-16-20-9-6-5-7-10-20/h5-7,9-12,15,17,19H,4,8,13-14,16,18H2,1-3H3,(H,27,32)(H,28,31)(H,30,33). The number of amides is 3. The van der Waals surface area contributed by atoms with Crippen molar-refractivity contribution in [3.63, 3.8) is 0 Å². The molecule has 2 rings (SSSR count). The maximum Gasteiger partial charge on any atom is 0.329 e. The highest BCUT2D eigenvalue weighted by Gasteiger charge is 2.12. The Hall–Kier alpha value is -3.92. The number of ether oxygens (including phenoxy) is 3. The summed E-state index contributed by atoms with van der Waals surface area (Å²) in [4.78, 5) is 35.8. The second-order valence-corrected chi connectivity index (χ2v) is 7.92. The molecule has 0 radical (unpaired) electrons. The second kappa shape index (κ2) is 15.9. The number of nitrogens with zero attached hydrogens (tertiary/aromatic N) is 1. The molecule has 3 N–H and O–H groups in total. The van der Waals surface area contributed by atoms with Gasteiger partial charge in [0.1, 0.15) is 0 Å². The smallest absolute Gasteiger partial charge is 0.329 e. The van der Waals surface area contributed by atoms with Crippen LogP contribution in [0.5, 0.6) is 11.5 Å². The summed E-state index contributed by atoms with van der Waals surface area (Å²) < 4.78 is 16.6. The van der Waals surface area contributed by atoms with Crippen molar-refractivity contribution >= 4 is 23.9 Å². The molecule has 0 heterocycles. The van der Waals surface area contributed by atoms with Crippen LogP contribution in [0.25, 0.3) is 0 Å². The highest BCUT2D eigenvalue weighted by atomic mass is 16.5. The van der Waals surface area contributed by atoms with Gasteiger partial charge in [-0.2, -0.15) is 5.10 Å². The van der Waals surface area contributed by atoms with E-state index in [-0.39, 0.29) is 18.6 Å². The van der Waals surface area contributed by atoms with Gasteiger partial charge in [-0.05, 0) is 56.5 Å². The number of benzene rings is 2. The van der Waals surface area contributed by atoms with Crippen LogP contribution < -0.4 is 25.5 Å². The molecule has 0 aliphatic rings. The van der Waals surface area contributed by atoms with Gasteiger partial charge in [0, 0.05) is 19.7 Å². The highest BCUT2D eigenvalue weighted by Crippen LogP contribution is 2.28. The van der Waals surface area contributed by atoms with Crippen molar-refractivity contribution in [3.05, 3.63) is 59.7 Å². The minimum atomic E-state index is -0.873. The first-order chi connectivity index (χ1) is 17.4. The molecule has 10 heteroatoms. The average molecular weight is 499 g/mol. The molecule has 2 aromatic rings. The molecule has 2 aromatic carbocycles. The van der Waals surface area contributed by atoms with Gasteiger partial charge in [-0.3, -0.25) is 14.4 Å². The summed E-state index contributed by atoms with van der Waals surface area (Å²) in [6, 6.07) is 14.6. The maximum atomic E-state index is 12.1. The molecule has 0 bridgehead atoms. The minimum Gasteiger partial charge on any atom is -0.490 e. The lowest BCUT2D eigenvalue weighted by molar-refractivity contribution is -0.139. The van der Waals surface area contributed by atoms with E-state index < -0.39 is 11.8 Å². The quantitative estimate of drug-likeness (QED) is 0.159. The number of rotatable bonds is 14. The fourth-order valence-electron chi connectivity index (χ4n) is 2.87. The van der Waals surface area contributed by atoms with Crippen LogP contribution in [0.1, 0.15) is 38.3 Å². The first kappa shape index (κ1) is 28.3. The van der Waals surface area contributed by atoms with Gasteiger partial charge in [0.05, 0.1) is 18.9 Å². The Kier molecular flexibility index (Phi) is 12.5. The van der Waals surface area contributed by atoms with Gasteiger partial charge in [-0.15, -0.1) is 0 Å². The predicted molar refractivity (Wildman–Crippen MR) is 136 cm³/mol.